The summed E-state index contributed by atoms with van der Waals surface area (Å²) in [5, 5.41) is 13.8. The van der Waals surface area contributed by atoms with Crippen molar-refractivity contribution in [3.8, 4) is 6.07 Å². The average molecular weight is 647 g/mol. The number of nitrogens with one attached hydrogen (secondary N) is 1. The highest BCUT2D eigenvalue weighted by atomic mass is 31.2. The summed E-state index contributed by atoms with van der Waals surface area (Å²) in [7, 11) is -5.01. The molecule has 3 aromatic rings. The lowest BCUT2D eigenvalue weighted by molar-refractivity contribution is -0.146. The Balaban J connectivity index is 1.19. The van der Waals surface area contributed by atoms with Crippen LogP contribution in [0.3, 0.4) is 0 Å². The van der Waals surface area contributed by atoms with Crippen LogP contribution < -0.4 is 5.32 Å². The number of fused-ring (bicyclic) bond motifs is 2. The lowest BCUT2D eigenvalue weighted by atomic mass is 9.90. The molecule has 3 aromatic carbocycles. The molecule has 3 N–H and O–H groups in total. The Hall–Kier alpha value is -4.10. The van der Waals surface area contributed by atoms with E-state index >= 15 is 0 Å². The highest BCUT2D eigenvalue weighted by Crippen LogP contribution is 2.53. The molecule has 6 atom stereocenters. The predicted octanol–water partition coefficient (Wildman–Crippen LogP) is 4.78. The van der Waals surface area contributed by atoms with Gasteiger partial charge in [-0.05, 0) is 65.8 Å². The molecular formula is C34H36FN4O6P. The number of amides is 3. The summed E-state index contributed by atoms with van der Waals surface area (Å²) in [6.45, 7) is 0.713. The third kappa shape index (κ3) is 6.30. The number of alkyl halides is 1. The summed E-state index contributed by atoms with van der Waals surface area (Å²) < 4.78 is 25.8. The number of hydrogen-bond donors (Lipinski definition) is 3. The van der Waals surface area contributed by atoms with Gasteiger partial charge in [-0.25, -0.2) is 4.39 Å². The van der Waals surface area contributed by atoms with Crippen molar-refractivity contribution >= 4 is 36.1 Å². The minimum absolute atomic E-state index is 0.104. The normalized spacial score (nSPS) is 25.8. The van der Waals surface area contributed by atoms with Gasteiger partial charge in [0.15, 0.2) is 0 Å². The second-order valence-electron chi connectivity index (χ2n) is 12.5. The molecule has 3 aliphatic rings. The van der Waals surface area contributed by atoms with E-state index < -0.39 is 31.5 Å². The lowest BCUT2D eigenvalue weighted by Gasteiger charge is -2.36. The Labute approximate surface area is 266 Å². The summed E-state index contributed by atoms with van der Waals surface area (Å²) in [5.41, 5.74) is 1.02. The molecule has 0 bridgehead atoms. The molecular weight excluding hydrogens is 610 g/mol. The van der Waals surface area contributed by atoms with Gasteiger partial charge in [-0.3, -0.25) is 18.9 Å². The summed E-state index contributed by atoms with van der Waals surface area (Å²) in [4.78, 5) is 63.4. The van der Waals surface area contributed by atoms with Crippen LogP contribution in [0.1, 0.15) is 71.8 Å². The second kappa shape index (κ2) is 13.0. The number of likely N-dealkylation sites (tertiary alicyclic amines) is 1. The quantitative estimate of drug-likeness (QED) is 0.326. The topological polar surface area (TPSA) is 151 Å². The van der Waals surface area contributed by atoms with Crippen LogP contribution >= 0.6 is 7.60 Å². The van der Waals surface area contributed by atoms with Crippen molar-refractivity contribution < 1.29 is 33.1 Å². The van der Waals surface area contributed by atoms with E-state index in [0.29, 0.717) is 43.1 Å². The number of nitrogens with zero attached hydrogens (tertiary/aromatic N) is 3. The van der Waals surface area contributed by atoms with E-state index in [-0.39, 0.29) is 40.8 Å². The monoisotopic (exact) mass is 646 g/mol. The highest BCUT2D eigenvalue weighted by Gasteiger charge is 2.47. The largest absolute Gasteiger partial charge is 0.363 e. The maximum absolute atomic E-state index is 14.4. The van der Waals surface area contributed by atoms with Gasteiger partial charge in [0.1, 0.15) is 12.1 Å². The predicted molar refractivity (Wildman–Crippen MR) is 168 cm³/mol. The van der Waals surface area contributed by atoms with Crippen LogP contribution in [0.15, 0.2) is 66.7 Å². The summed E-state index contributed by atoms with van der Waals surface area (Å²) >= 11 is 0. The molecule has 240 valence electrons. The van der Waals surface area contributed by atoms with Gasteiger partial charge in [-0.15, -0.1) is 0 Å². The summed E-state index contributed by atoms with van der Waals surface area (Å²) in [6.07, 6.45) is 3.99. The van der Waals surface area contributed by atoms with Crippen molar-refractivity contribution in [3.05, 3.63) is 83.4 Å². The van der Waals surface area contributed by atoms with E-state index in [0.717, 1.165) is 24.8 Å². The Morgan fingerprint density at radius 3 is 2.43 bits per heavy atom. The van der Waals surface area contributed by atoms with Crippen LogP contribution in [0.25, 0.3) is 10.8 Å². The molecule has 3 aliphatic heterocycles. The van der Waals surface area contributed by atoms with Gasteiger partial charge in [0.2, 0.25) is 17.7 Å². The van der Waals surface area contributed by atoms with Crippen LogP contribution in [-0.4, -0.2) is 68.5 Å². The lowest BCUT2D eigenvalue weighted by Crippen LogP contribution is -2.56. The number of benzene rings is 3. The molecule has 0 saturated carbocycles. The zero-order valence-corrected chi connectivity index (χ0v) is 26.1. The van der Waals surface area contributed by atoms with E-state index in [4.69, 9.17) is 0 Å². The van der Waals surface area contributed by atoms with Gasteiger partial charge in [-0.2, -0.15) is 5.26 Å². The molecule has 0 spiro atoms. The van der Waals surface area contributed by atoms with Crippen LogP contribution in [0.4, 0.5) is 4.39 Å². The fourth-order valence-electron chi connectivity index (χ4n) is 7.26. The first-order valence-electron chi connectivity index (χ1n) is 15.6. The zero-order valence-electron chi connectivity index (χ0n) is 25.2. The Kier molecular flexibility index (Phi) is 8.97. The standard InChI is InChI=1S/C34H36FN4O6P/c35-31(46(43,44)45)23-12-10-21-11-13-24(17-25(21)16-23)32(40)37-29-9-5-4-8-27-14-15-30(39(27)33(29)41)34(42)38-19-26(18-36)28(20-38)22-6-2-1-3-7-22/h1-3,6-7,10-13,16-17,26-31H,4-5,8-9,14-15,19-20H2,(H,37,40)(H2,43,44,45)/t26-,27-,28+,29?,30-,31?/m0/s1. The average Bonchev–Trinajstić information content (AvgIpc) is 3.68. The molecule has 0 aliphatic carbocycles. The molecule has 3 fully saturated rings. The molecule has 3 saturated heterocycles. The number of carbonyl (C=O) groups is 3. The van der Waals surface area contributed by atoms with Crippen molar-refractivity contribution in [1.82, 2.24) is 15.1 Å². The maximum Gasteiger partial charge on any atom is 0.363 e. The minimum atomic E-state index is -5.01. The van der Waals surface area contributed by atoms with Gasteiger partial charge in [-0.1, -0.05) is 61.4 Å². The first kappa shape index (κ1) is 31.9. The minimum Gasteiger partial charge on any atom is -0.340 e. The summed E-state index contributed by atoms with van der Waals surface area (Å²) in [6, 6.07) is 19.3. The van der Waals surface area contributed by atoms with Crippen LogP contribution in [0, 0.1) is 17.2 Å². The van der Waals surface area contributed by atoms with Crippen LogP contribution in [0.5, 0.6) is 0 Å². The first-order valence-corrected chi connectivity index (χ1v) is 17.3. The van der Waals surface area contributed by atoms with Gasteiger partial charge >= 0.3 is 7.60 Å². The molecule has 2 unspecified atom stereocenters. The second-order valence-corrected chi connectivity index (χ2v) is 14.2. The number of rotatable bonds is 6. The molecule has 6 rings (SSSR count). The van der Waals surface area contributed by atoms with Gasteiger partial charge in [0, 0.05) is 30.6 Å². The number of halogens is 1. The van der Waals surface area contributed by atoms with Crippen LogP contribution in [0.2, 0.25) is 0 Å². The Morgan fingerprint density at radius 1 is 0.957 bits per heavy atom. The van der Waals surface area contributed by atoms with Crippen molar-refractivity contribution in [2.45, 2.75) is 68.5 Å². The van der Waals surface area contributed by atoms with Crippen molar-refractivity contribution in [2.24, 2.45) is 5.92 Å². The van der Waals surface area contributed by atoms with Crippen molar-refractivity contribution in [2.75, 3.05) is 13.1 Å². The zero-order chi connectivity index (χ0) is 32.6. The summed E-state index contributed by atoms with van der Waals surface area (Å²) in [5.74, 6) is -3.90. The number of hydrogen-bond acceptors (Lipinski definition) is 5. The molecule has 0 radical (unpaired) electrons. The van der Waals surface area contributed by atoms with E-state index in [9.17, 15) is 38.4 Å². The Bertz CT molecular complexity index is 1740. The molecule has 10 nitrogen and oxygen atoms in total. The van der Waals surface area contributed by atoms with Crippen molar-refractivity contribution in [3.63, 3.8) is 0 Å². The number of nitriles is 1. The van der Waals surface area contributed by atoms with Gasteiger partial charge < -0.3 is 24.9 Å². The molecule has 3 amide bonds. The highest BCUT2D eigenvalue weighted by molar-refractivity contribution is 7.51. The molecule has 46 heavy (non-hydrogen) atoms. The number of carbonyl (C=O) groups excluding carboxylic acids is 3. The van der Waals surface area contributed by atoms with Crippen LogP contribution in [-0.2, 0) is 14.2 Å². The maximum atomic E-state index is 14.4. The third-order valence-corrected chi connectivity index (χ3v) is 10.5. The van der Waals surface area contributed by atoms with E-state index in [1.54, 1.807) is 21.9 Å². The molecule has 12 heteroatoms. The van der Waals surface area contributed by atoms with E-state index in [1.165, 1.54) is 24.3 Å². The molecule has 0 aromatic heterocycles. The first-order chi connectivity index (χ1) is 22.0. The molecule has 3 heterocycles. The third-order valence-electron chi connectivity index (χ3n) is 9.65. The van der Waals surface area contributed by atoms with Gasteiger partial charge in [0.05, 0.1) is 12.0 Å². The van der Waals surface area contributed by atoms with Gasteiger partial charge in [0.25, 0.3) is 5.91 Å². The van der Waals surface area contributed by atoms with E-state index in [1.807, 2.05) is 30.3 Å². The fourth-order valence-corrected chi connectivity index (χ4v) is 7.81. The Morgan fingerprint density at radius 2 is 1.70 bits per heavy atom. The SMILES string of the molecule is N#C[C@H]1CN(C(=O)[C@@H]2CC[C@@H]3CCCCC(NC(=O)c4ccc5ccc(C(F)P(=O)(O)O)cc5c4)C(=O)N32)C[C@@H]1c1ccccc1. The smallest absolute Gasteiger partial charge is 0.340 e. The van der Waals surface area contributed by atoms with Crippen molar-refractivity contribution in [1.29, 1.82) is 5.26 Å². The van der Waals surface area contributed by atoms with E-state index in [2.05, 4.69) is 11.4 Å². The fraction of sp³-hybridized carbons (Fsp3) is 0.412.